The topological polar surface area (TPSA) is 66.8 Å². The SMILES string of the molecule is C=CC(=O)O/C=C(\O)C(C)O. The second-order valence-corrected chi connectivity index (χ2v) is 1.86. The highest BCUT2D eigenvalue weighted by Crippen LogP contribution is 1.96. The summed E-state index contributed by atoms with van der Waals surface area (Å²) in [6.45, 7) is 4.48. The highest BCUT2D eigenvalue weighted by molar-refractivity contribution is 5.81. The average Bonchev–Trinajstić information content (AvgIpc) is 1.99. The first-order valence-corrected chi connectivity index (χ1v) is 2.98. The fourth-order valence-electron chi connectivity index (χ4n) is 0.265. The monoisotopic (exact) mass is 158 g/mol. The molecule has 0 saturated heterocycles. The van der Waals surface area contributed by atoms with E-state index in [0.29, 0.717) is 0 Å². The minimum Gasteiger partial charge on any atom is -0.507 e. The van der Waals surface area contributed by atoms with Crippen molar-refractivity contribution in [2.75, 3.05) is 0 Å². The summed E-state index contributed by atoms with van der Waals surface area (Å²) < 4.78 is 4.29. The Morgan fingerprint density at radius 1 is 1.73 bits per heavy atom. The van der Waals surface area contributed by atoms with E-state index in [1.807, 2.05) is 0 Å². The van der Waals surface area contributed by atoms with Crippen LogP contribution in [0.3, 0.4) is 0 Å². The molecule has 0 aromatic carbocycles. The van der Waals surface area contributed by atoms with Crippen molar-refractivity contribution in [1.29, 1.82) is 0 Å². The molecular formula is C7H10O4. The number of ether oxygens (including phenoxy) is 1. The Hall–Kier alpha value is -1.29. The van der Waals surface area contributed by atoms with Crippen LogP contribution in [-0.2, 0) is 9.53 Å². The molecule has 62 valence electrons. The number of esters is 1. The van der Waals surface area contributed by atoms with Gasteiger partial charge >= 0.3 is 5.97 Å². The maximum absolute atomic E-state index is 10.4. The maximum atomic E-state index is 10.4. The summed E-state index contributed by atoms with van der Waals surface area (Å²) in [5, 5.41) is 17.4. The van der Waals surface area contributed by atoms with E-state index in [4.69, 9.17) is 10.2 Å². The number of aliphatic hydroxyl groups excluding tert-OH is 2. The maximum Gasteiger partial charge on any atom is 0.335 e. The normalized spacial score (nSPS) is 13.8. The first-order valence-electron chi connectivity index (χ1n) is 2.98. The fourth-order valence-corrected chi connectivity index (χ4v) is 0.265. The van der Waals surface area contributed by atoms with Crippen molar-refractivity contribution >= 4 is 5.97 Å². The van der Waals surface area contributed by atoms with E-state index >= 15 is 0 Å². The Labute approximate surface area is 64.4 Å². The van der Waals surface area contributed by atoms with E-state index in [1.54, 1.807) is 0 Å². The predicted octanol–water partition coefficient (Wildman–Crippen LogP) is 0.496. The number of hydrogen-bond donors (Lipinski definition) is 2. The van der Waals surface area contributed by atoms with Crippen LogP contribution in [0.4, 0.5) is 0 Å². The zero-order valence-electron chi connectivity index (χ0n) is 6.15. The summed E-state index contributed by atoms with van der Waals surface area (Å²) in [6, 6.07) is 0. The van der Waals surface area contributed by atoms with Crippen LogP contribution in [0.25, 0.3) is 0 Å². The van der Waals surface area contributed by atoms with Crippen LogP contribution in [0, 0.1) is 0 Å². The number of hydrogen-bond acceptors (Lipinski definition) is 4. The Morgan fingerprint density at radius 2 is 2.27 bits per heavy atom. The van der Waals surface area contributed by atoms with E-state index in [0.717, 1.165) is 12.3 Å². The largest absolute Gasteiger partial charge is 0.507 e. The Kier molecular flexibility index (Phi) is 3.98. The van der Waals surface area contributed by atoms with E-state index < -0.39 is 17.8 Å². The Bertz CT molecular complexity index is 181. The van der Waals surface area contributed by atoms with Crippen molar-refractivity contribution in [3.8, 4) is 0 Å². The van der Waals surface area contributed by atoms with Crippen LogP contribution in [0.2, 0.25) is 0 Å². The van der Waals surface area contributed by atoms with E-state index in [9.17, 15) is 4.79 Å². The van der Waals surface area contributed by atoms with Gasteiger partial charge in [-0.3, -0.25) is 0 Å². The number of carbonyl (C=O) groups excluding carboxylic acids is 1. The lowest BCUT2D eigenvalue weighted by molar-refractivity contribution is -0.132. The molecule has 0 aliphatic carbocycles. The summed E-state index contributed by atoms with van der Waals surface area (Å²) >= 11 is 0. The molecule has 4 heteroatoms. The van der Waals surface area contributed by atoms with Crippen LogP contribution in [-0.4, -0.2) is 22.3 Å². The van der Waals surface area contributed by atoms with Gasteiger partial charge in [0.1, 0.15) is 12.4 Å². The van der Waals surface area contributed by atoms with Crippen molar-refractivity contribution in [3.05, 3.63) is 24.7 Å². The molecule has 0 aromatic rings. The first kappa shape index (κ1) is 9.71. The zero-order chi connectivity index (χ0) is 8.85. The predicted molar refractivity (Wildman–Crippen MR) is 38.7 cm³/mol. The smallest absolute Gasteiger partial charge is 0.335 e. The van der Waals surface area contributed by atoms with Gasteiger partial charge in [0.15, 0.2) is 5.76 Å². The molecular weight excluding hydrogens is 148 g/mol. The van der Waals surface area contributed by atoms with Crippen LogP contribution < -0.4 is 0 Å². The third kappa shape index (κ3) is 4.16. The molecule has 4 nitrogen and oxygen atoms in total. The lowest BCUT2D eigenvalue weighted by atomic mass is 10.4. The van der Waals surface area contributed by atoms with Gasteiger partial charge in [-0.25, -0.2) is 4.79 Å². The summed E-state index contributed by atoms with van der Waals surface area (Å²) in [4.78, 5) is 10.4. The molecule has 0 rings (SSSR count). The van der Waals surface area contributed by atoms with Crippen molar-refractivity contribution in [3.63, 3.8) is 0 Å². The Morgan fingerprint density at radius 3 is 2.64 bits per heavy atom. The second kappa shape index (κ2) is 4.51. The van der Waals surface area contributed by atoms with Gasteiger partial charge in [-0.05, 0) is 6.92 Å². The molecule has 0 radical (unpaired) electrons. The first-order chi connectivity index (χ1) is 5.07. The average molecular weight is 158 g/mol. The molecule has 0 amide bonds. The zero-order valence-corrected chi connectivity index (χ0v) is 6.15. The Balaban J connectivity index is 3.92. The number of aliphatic hydroxyl groups is 2. The summed E-state index contributed by atoms with van der Waals surface area (Å²) in [5.41, 5.74) is 0. The van der Waals surface area contributed by atoms with Crippen LogP contribution in [0.5, 0.6) is 0 Å². The second-order valence-electron chi connectivity index (χ2n) is 1.86. The van der Waals surface area contributed by atoms with Crippen molar-refractivity contribution in [1.82, 2.24) is 0 Å². The third-order valence-electron chi connectivity index (χ3n) is 0.891. The quantitative estimate of drug-likeness (QED) is 0.356. The van der Waals surface area contributed by atoms with Crippen LogP contribution in [0.1, 0.15) is 6.92 Å². The van der Waals surface area contributed by atoms with Crippen molar-refractivity contribution in [2.24, 2.45) is 0 Å². The molecule has 0 spiro atoms. The van der Waals surface area contributed by atoms with Gasteiger partial charge in [-0.1, -0.05) is 6.58 Å². The van der Waals surface area contributed by atoms with Gasteiger partial charge in [0.2, 0.25) is 0 Å². The summed E-state index contributed by atoms with van der Waals surface area (Å²) in [7, 11) is 0. The molecule has 1 unspecified atom stereocenters. The molecule has 0 fully saturated rings. The molecule has 0 aromatic heterocycles. The summed E-state index contributed by atoms with van der Waals surface area (Å²) in [5.74, 6) is -1.09. The minimum atomic E-state index is -1.03. The fraction of sp³-hybridized carbons (Fsp3) is 0.286. The lowest BCUT2D eigenvalue weighted by Crippen LogP contribution is -2.05. The van der Waals surface area contributed by atoms with E-state index in [-0.39, 0.29) is 0 Å². The highest BCUT2D eigenvalue weighted by Gasteiger charge is 2.02. The van der Waals surface area contributed by atoms with Gasteiger partial charge in [0.05, 0.1) is 0 Å². The standard InChI is InChI=1S/C7H10O4/c1-3-7(10)11-4-6(9)5(2)8/h3-5,8-9H,1H2,2H3/b6-4-. The van der Waals surface area contributed by atoms with Gasteiger partial charge in [-0.2, -0.15) is 0 Å². The molecule has 1 atom stereocenters. The highest BCUT2D eigenvalue weighted by atomic mass is 16.5. The molecule has 0 aliphatic rings. The van der Waals surface area contributed by atoms with E-state index in [1.165, 1.54) is 6.92 Å². The molecule has 2 N–H and O–H groups in total. The molecule has 0 bridgehead atoms. The molecule has 11 heavy (non-hydrogen) atoms. The van der Waals surface area contributed by atoms with Crippen LogP contribution in [0.15, 0.2) is 24.7 Å². The van der Waals surface area contributed by atoms with Gasteiger partial charge in [-0.15, -0.1) is 0 Å². The molecule has 0 saturated carbocycles. The number of rotatable bonds is 3. The van der Waals surface area contributed by atoms with E-state index in [2.05, 4.69) is 11.3 Å². The van der Waals surface area contributed by atoms with Crippen molar-refractivity contribution in [2.45, 2.75) is 13.0 Å². The molecule has 0 aliphatic heterocycles. The van der Waals surface area contributed by atoms with Crippen molar-refractivity contribution < 1.29 is 19.7 Å². The number of carbonyl (C=O) groups is 1. The minimum absolute atomic E-state index is 0.403. The lowest BCUT2D eigenvalue weighted by Gasteiger charge is -2.00. The van der Waals surface area contributed by atoms with Gasteiger partial charge in [0, 0.05) is 6.08 Å². The third-order valence-corrected chi connectivity index (χ3v) is 0.891. The van der Waals surface area contributed by atoms with Gasteiger partial charge < -0.3 is 14.9 Å². The molecule has 0 heterocycles. The summed E-state index contributed by atoms with van der Waals surface area (Å²) in [6.07, 6.45) is 0.688. The van der Waals surface area contributed by atoms with Crippen LogP contribution >= 0.6 is 0 Å². The van der Waals surface area contributed by atoms with Gasteiger partial charge in [0.25, 0.3) is 0 Å².